The highest BCUT2D eigenvalue weighted by Crippen LogP contribution is 2.39. The van der Waals surface area contributed by atoms with E-state index in [-0.39, 0.29) is 11.9 Å². The van der Waals surface area contributed by atoms with Crippen molar-refractivity contribution < 1.29 is 23.4 Å². The lowest BCUT2D eigenvalue weighted by Gasteiger charge is -2.47. The number of rotatable bonds is 8. The van der Waals surface area contributed by atoms with Crippen LogP contribution in [0.5, 0.6) is 17.2 Å². The van der Waals surface area contributed by atoms with E-state index in [1.54, 1.807) is 27.6 Å². The van der Waals surface area contributed by atoms with Gasteiger partial charge in [-0.1, -0.05) is 6.08 Å². The number of fused-ring (bicyclic) bond motifs is 1. The molecule has 1 aromatic carbocycles. The maximum atomic E-state index is 12.9. The normalized spacial score (nSPS) is 21.6. The summed E-state index contributed by atoms with van der Waals surface area (Å²) in [6, 6.07) is 7.99. The summed E-state index contributed by atoms with van der Waals surface area (Å²) >= 11 is 0. The summed E-state index contributed by atoms with van der Waals surface area (Å²) in [6.45, 7) is 3.43. The van der Waals surface area contributed by atoms with Gasteiger partial charge in [0.2, 0.25) is 11.7 Å². The van der Waals surface area contributed by atoms with Crippen molar-refractivity contribution in [2.24, 2.45) is 5.92 Å². The highest BCUT2D eigenvalue weighted by molar-refractivity contribution is 5.77. The van der Waals surface area contributed by atoms with Crippen molar-refractivity contribution in [1.82, 2.24) is 9.80 Å². The molecule has 0 spiro atoms. The van der Waals surface area contributed by atoms with Gasteiger partial charge in [0.15, 0.2) is 11.5 Å². The summed E-state index contributed by atoms with van der Waals surface area (Å²) in [5, 5.41) is 0. The Labute approximate surface area is 189 Å². The predicted octanol–water partition coefficient (Wildman–Crippen LogP) is 3.83. The molecular weight excluding hydrogens is 408 g/mol. The number of carbonyl (C=O) groups excluding carboxylic acids is 1. The molecule has 7 heteroatoms. The van der Waals surface area contributed by atoms with Crippen LogP contribution in [0.1, 0.15) is 30.6 Å². The first-order valence-electron chi connectivity index (χ1n) is 11.1. The highest BCUT2D eigenvalue weighted by atomic mass is 16.5. The molecule has 32 heavy (non-hydrogen) atoms. The molecule has 1 amide bonds. The van der Waals surface area contributed by atoms with Gasteiger partial charge in [0, 0.05) is 38.6 Å². The zero-order valence-electron chi connectivity index (χ0n) is 19.1. The minimum absolute atomic E-state index is 0.228. The number of furan rings is 1. The van der Waals surface area contributed by atoms with Crippen molar-refractivity contribution in [2.75, 3.05) is 41.0 Å². The van der Waals surface area contributed by atoms with Crippen LogP contribution < -0.4 is 14.2 Å². The van der Waals surface area contributed by atoms with E-state index in [9.17, 15) is 4.79 Å². The number of carbonyl (C=O) groups is 1. The maximum Gasteiger partial charge on any atom is 0.223 e. The van der Waals surface area contributed by atoms with Crippen LogP contribution in [0.15, 0.2) is 41.0 Å². The van der Waals surface area contributed by atoms with E-state index in [1.807, 2.05) is 30.3 Å². The molecule has 2 saturated heterocycles. The zero-order chi connectivity index (χ0) is 22.5. The van der Waals surface area contributed by atoms with E-state index < -0.39 is 0 Å². The fraction of sp³-hybridized carbons (Fsp3) is 0.480. The van der Waals surface area contributed by atoms with Crippen molar-refractivity contribution in [3.63, 3.8) is 0 Å². The molecule has 172 valence electrons. The second kappa shape index (κ2) is 10.1. The lowest BCUT2D eigenvalue weighted by atomic mass is 9.83. The molecule has 3 heterocycles. The molecule has 2 atom stereocenters. The third-order valence-electron chi connectivity index (χ3n) is 6.49. The fourth-order valence-electron chi connectivity index (χ4n) is 4.93. The van der Waals surface area contributed by atoms with E-state index in [0.29, 0.717) is 36.1 Å². The topological polar surface area (TPSA) is 64.4 Å². The van der Waals surface area contributed by atoms with Gasteiger partial charge in [-0.3, -0.25) is 9.69 Å². The molecule has 0 unspecified atom stereocenters. The van der Waals surface area contributed by atoms with Crippen molar-refractivity contribution in [3.05, 3.63) is 47.9 Å². The first-order valence-corrected chi connectivity index (χ1v) is 11.1. The van der Waals surface area contributed by atoms with Gasteiger partial charge in [0.05, 0.1) is 27.6 Å². The Kier molecular flexibility index (Phi) is 7.05. The van der Waals surface area contributed by atoms with Gasteiger partial charge < -0.3 is 23.5 Å². The molecule has 1 aromatic heterocycles. The third-order valence-corrected chi connectivity index (χ3v) is 6.49. The van der Waals surface area contributed by atoms with Gasteiger partial charge in [0.25, 0.3) is 0 Å². The highest BCUT2D eigenvalue weighted by Gasteiger charge is 2.39. The van der Waals surface area contributed by atoms with Gasteiger partial charge in [0.1, 0.15) is 5.76 Å². The number of hydrogen-bond donors (Lipinski definition) is 0. The second-order valence-corrected chi connectivity index (χ2v) is 8.39. The molecule has 2 aliphatic heterocycles. The van der Waals surface area contributed by atoms with Crippen LogP contribution >= 0.6 is 0 Å². The van der Waals surface area contributed by atoms with Crippen LogP contribution in [0, 0.1) is 5.92 Å². The Balaban J connectivity index is 1.44. The largest absolute Gasteiger partial charge is 0.493 e. The average molecular weight is 441 g/mol. The molecule has 0 bridgehead atoms. The summed E-state index contributed by atoms with van der Waals surface area (Å²) in [5.41, 5.74) is 0.984. The summed E-state index contributed by atoms with van der Waals surface area (Å²) in [5.74, 6) is 3.38. The van der Waals surface area contributed by atoms with Crippen molar-refractivity contribution in [2.45, 2.75) is 31.8 Å². The van der Waals surface area contributed by atoms with Gasteiger partial charge in [-0.2, -0.15) is 0 Å². The van der Waals surface area contributed by atoms with Crippen LogP contribution in [0.4, 0.5) is 0 Å². The molecule has 4 rings (SSSR count). The Morgan fingerprint density at radius 3 is 2.56 bits per heavy atom. The quantitative estimate of drug-likeness (QED) is 0.622. The fourth-order valence-corrected chi connectivity index (χ4v) is 4.93. The monoisotopic (exact) mass is 440 g/mol. The number of ether oxygens (including phenoxy) is 3. The minimum Gasteiger partial charge on any atom is -0.493 e. The third kappa shape index (κ3) is 4.78. The number of benzene rings is 1. The Hall–Kier alpha value is -2.93. The first kappa shape index (κ1) is 22.3. The Bertz CT molecular complexity index is 915. The summed E-state index contributed by atoms with van der Waals surface area (Å²) < 4.78 is 21.8. The van der Waals surface area contributed by atoms with Gasteiger partial charge >= 0.3 is 0 Å². The van der Waals surface area contributed by atoms with E-state index in [4.69, 9.17) is 18.6 Å². The van der Waals surface area contributed by atoms with Crippen LogP contribution in [-0.2, 0) is 11.3 Å². The van der Waals surface area contributed by atoms with Crippen molar-refractivity contribution >= 4 is 12.0 Å². The summed E-state index contributed by atoms with van der Waals surface area (Å²) in [4.78, 5) is 17.4. The maximum absolute atomic E-state index is 12.9. The summed E-state index contributed by atoms with van der Waals surface area (Å²) in [6.07, 6.45) is 8.39. The Morgan fingerprint density at radius 2 is 1.91 bits per heavy atom. The molecule has 7 nitrogen and oxygen atoms in total. The number of amides is 1. The van der Waals surface area contributed by atoms with Crippen LogP contribution in [0.25, 0.3) is 6.08 Å². The van der Waals surface area contributed by atoms with E-state index >= 15 is 0 Å². The number of nitrogens with zero attached hydrogens (tertiary/aromatic N) is 2. The SMILES string of the molecule is COc1cc(CN2C(=O)CC[C@H]3CN(C/C=C/c4ccco4)CC[C@H]32)cc(OC)c1OC. The molecule has 2 aliphatic rings. The standard InChI is InChI=1S/C25H32N2O5/c1-29-22-14-18(15-23(30-2)25(22)31-3)16-27-21-10-12-26(17-19(21)8-9-24(27)28)11-4-6-20-7-5-13-32-20/h4-7,13-15,19,21H,8-12,16-17H2,1-3H3/b6-4+/t19-,21+/m0/s1. The number of piperidine rings is 2. The molecule has 2 fully saturated rings. The van der Waals surface area contributed by atoms with Crippen molar-refractivity contribution in [3.8, 4) is 17.2 Å². The van der Waals surface area contributed by atoms with Gasteiger partial charge in [-0.05, 0) is 54.7 Å². The lowest BCUT2D eigenvalue weighted by molar-refractivity contribution is -0.141. The molecule has 0 N–H and O–H groups in total. The second-order valence-electron chi connectivity index (χ2n) is 8.39. The lowest BCUT2D eigenvalue weighted by Crippen LogP contribution is -2.55. The van der Waals surface area contributed by atoms with Crippen LogP contribution in [-0.4, -0.2) is 62.7 Å². The number of hydrogen-bond acceptors (Lipinski definition) is 6. The van der Waals surface area contributed by atoms with Crippen molar-refractivity contribution in [1.29, 1.82) is 0 Å². The van der Waals surface area contributed by atoms with E-state index in [1.165, 1.54) is 0 Å². The molecule has 0 radical (unpaired) electrons. The average Bonchev–Trinajstić information content (AvgIpc) is 3.33. The summed E-state index contributed by atoms with van der Waals surface area (Å²) in [7, 11) is 4.81. The molecule has 2 aromatic rings. The van der Waals surface area contributed by atoms with Crippen LogP contribution in [0.2, 0.25) is 0 Å². The molecular formula is C25H32N2O5. The van der Waals surface area contributed by atoms with Gasteiger partial charge in [-0.25, -0.2) is 0 Å². The molecule has 0 saturated carbocycles. The minimum atomic E-state index is 0.228. The number of methoxy groups -OCH3 is 3. The predicted molar refractivity (Wildman–Crippen MR) is 122 cm³/mol. The Morgan fingerprint density at radius 1 is 1.12 bits per heavy atom. The smallest absolute Gasteiger partial charge is 0.223 e. The van der Waals surface area contributed by atoms with E-state index in [2.05, 4.69) is 15.9 Å². The number of likely N-dealkylation sites (tertiary alicyclic amines) is 2. The molecule has 0 aliphatic carbocycles. The van der Waals surface area contributed by atoms with E-state index in [0.717, 1.165) is 43.8 Å². The first-order chi connectivity index (χ1) is 15.6. The van der Waals surface area contributed by atoms with Crippen LogP contribution in [0.3, 0.4) is 0 Å². The zero-order valence-corrected chi connectivity index (χ0v) is 19.1. The van der Waals surface area contributed by atoms with Gasteiger partial charge in [-0.15, -0.1) is 0 Å².